The Morgan fingerprint density at radius 3 is 2.58 bits per heavy atom. The van der Waals surface area contributed by atoms with Gasteiger partial charge in [-0.1, -0.05) is 18.2 Å². The van der Waals surface area contributed by atoms with Crippen molar-refractivity contribution in [2.45, 2.75) is 67.7 Å². The Morgan fingerprint density at radius 1 is 1.13 bits per heavy atom. The van der Waals surface area contributed by atoms with E-state index in [4.69, 9.17) is 4.98 Å². The number of aliphatic hydroxyl groups is 1. The van der Waals surface area contributed by atoms with Crippen molar-refractivity contribution in [3.8, 4) is 0 Å². The Morgan fingerprint density at radius 2 is 1.94 bits per heavy atom. The number of hydrogen-bond donors (Lipinski definition) is 2. The maximum Gasteiger partial charge on any atom is 0.130 e. The molecule has 0 amide bonds. The molecule has 0 unspecified atom stereocenters. The van der Waals surface area contributed by atoms with Gasteiger partial charge in [0.15, 0.2) is 0 Å². The zero-order chi connectivity index (χ0) is 21.0. The van der Waals surface area contributed by atoms with Gasteiger partial charge >= 0.3 is 0 Å². The van der Waals surface area contributed by atoms with Gasteiger partial charge in [0, 0.05) is 31.3 Å². The van der Waals surface area contributed by atoms with Crippen molar-refractivity contribution in [2.24, 2.45) is 0 Å². The van der Waals surface area contributed by atoms with Crippen molar-refractivity contribution in [1.29, 1.82) is 0 Å². The first-order valence-corrected chi connectivity index (χ1v) is 13.1. The summed E-state index contributed by atoms with van der Waals surface area (Å²) >= 11 is 0. The first-order chi connectivity index (χ1) is 15.1. The van der Waals surface area contributed by atoms with Crippen molar-refractivity contribution in [1.82, 2.24) is 4.98 Å². The Bertz CT molecular complexity index is 1040. The second kappa shape index (κ2) is 7.59. The molecule has 1 atom stereocenters. The van der Waals surface area contributed by atoms with E-state index >= 15 is 0 Å². The van der Waals surface area contributed by atoms with Gasteiger partial charge in [-0.15, -0.1) is 0 Å². The summed E-state index contributed by atoms with van der Waals surface area (Å²) in [6.07, 6.45) is 8.63. The normalized spacial score (nSPS) is 24.2. The van der Waals surface area contributed by atoms with Crippen LogP contribution in [0, 0.1) is 0 Å². The highest BCUT2D eigenvalue weighted by Crippen LogP contribution is 2.40. The fourth-order valence-corrected chi connectivity index (χ4v) is 7.01. The van der Waals surface area contributed by atoms with Crippen molar-refractivity contribution >= 4 is 22.3 Å². The molecule has 0 radical (unpaired) electrons. The second-order valence-electron chi connectivity index (χ2n) is 9.81. The van der Waals surface area contributed by atoms with Gasteiger partial charge in [0.05, 0.1) is 39.2 Å². The average Bonchev–Trinajstić information content (AvgIpc) is 3.13. The third-order valence-electron chi connectivity index (χ3n) is 7.98. The van der Waals surface area contributed by atoms with Crippen LogP contribution in [0.2, 0.25) is 0 Å². The lowest BCUT2D eigenvalue weighted by molar-refractivity contribution is 0.144. The van der Waals surface area contributed by atoms with E-state index in [1.807, 2.05) is 0 Å². The molecule has 2 aromatic rings. The molecule has 1 saturated heterocycles. The number of fused-ring (bicyclic) bond motifs is 2. The lowest BCUT2D eigenvalue weighted by Crippen LogP contribution is -2.48. The van der Waals surface area contributed by atoms with Crippen LogP contribution in [-0.2, 0) is 30.1 Å². The van der Waals surface area contributed by atoms with E-state index < -0.39 is 10.8 Å². The highest BCUT2D eigenvalue weighted by Gasteiger charge is 2.38. The first-order valence-electron chi connectivity index (χ1n) is 11.8. The molecule has 2 N–H and O–H groups in total. The van der Waals surface area contributed by atoms with E-state index in [0.717, 1.165) is 73.7 Å². The maximum absolute atomic E-state index is 12.7. The largest absolute Gasteiger partial charge is 0.394 e. The van der Waals surface area contributed by atoms with E-state index in [1.54, 1.807) is 5.56 Å². The molecule has 164 valence electrons. The predicted molar refractivity (Wildman–Crippen MR) is 125 cm³/mol. The van der Waals surface area contributed by atoms with Gasteiger partial charge in [-0.2, -0.15) is 0 Å². The van der Waals surface area contributed by atoms with Gasteiger partial charge in [-0.3, -0.25) is 4.21 Å². The zero-order valence-corrected chi connectivity index (χ0v) is 18.8. The molecule has 2 fully saturated rings. The van der Waals surface area contributed by atoms with Gasteiger partial charge in [0.1, 0.15) is 5.82 Å². The predicted octanol–water partition coefficient (Wildman–Crippen LogP) is 3.55. The topological polar surface area (TPSA) is 65.5 Å². The lowest BCUT2D eigenvalue weighted by atomic mass is 9.77. The van der Waals surface area contributed by atoms with Gasteiger partial charge in [0.25, 0.3) is 0 Å². The summed E-state index contributed by atoms with van der Waals surface area (Å²) in [4.78, 5) is 8.23. The Kier molecular flexibility index (Phi) is 4.83. The summed E-state index contributed by atoms with van der Waals surface area (Å²) in [6, 6.07) is 9.22. The number of benzene rings is 1. The van der Waals surface area contributed by atoms with Crippen molar-refractivity contribution in [3.63, 3.8) is 0 Å². The molecule has 3 heterocycles. The zero-order valence-electron chi connectivity index (χ0n) is 18.0. The molecule has 6 rings (SSSR count). The molecule has 1 aromatic heterocycles. The number of aromatic nitrogens is 1. The fraction of sp³-hybridized carbons (Fsp3) is 0.560. The van der Waals surface area contributed by atoms with Crippen LogP contribution in [-0.4, -0.2) is 45.3 Å². The number of nitrogens with one attached hydrogen (secondary N) is 1. The molecule has 31 heavy (non-hydrogen) atoms. The third kappa shape index (κ3) is 3.39. The maximum atomic E-state index is 12.7. The third-order valence-corrected chi connectivity index (χ3v) is 9.46. The number of hydrogen-bond acceptors (Lipinski definition) is 5. The highest BCUT2D eigenvalue weighted by atomic mass is 32.2. The van der Waals surface area contributed by atoms with Crippen LogP contribution in [0.25, 0.3) is 0 Å². The smallest absolute Gasteiger partial charge is 0.130 e. The van der Waals surface area contributed by atoms with Crippen LogP contribution in [0.15, 0.2) is 29.2 Å². The summed E-state index contributed by atoms with van der Waals surface area (Å²) in [7, 11) is -0.992. The minimum Gasteiger partial charge on any atom is -0.394 e. The van der Waals surface area contributed by atoms with Crippen LogP contribution in [0.5, 0.6) is 0 Å². The van der Waals surface area contributed by atoms with Crippen LogP contribution < -0.4 is 10.2 Å². The van der Waals surface area contributed by atoms with Crippen LogP contribution in [0.4, 0.5) is 11.5 Å². The Labute approximate surface area is 186 Å². The van der Waals surface area contributed by atoms with Gasteiger partial charge in [-0.25, -0.2) is 4.98 Å². The molecule has 2 aliphatic carbocycles. The van der Waals surface area contributed by atoms with Crippen molar-refractivity contribution in [2.75, 3.05) is 35.7 Å². The van der Waals surface area contributed by atoms with Crippen molar-refractivity contribution < 1.29 is 9.32 Å². The number of aryl methyl sites for hydroxylation is 3. The number of nitrogens with zero attached hydrogens (tertiary/aromatic N) is 2. The summed E-state index contributed by atoms with van der Waals surface area (Å²) in [6.45, 7) is 2.13. The quantitative estimate of drug-likeness (QED) is 0.749. The number of anilines is 2. The summed E-state index contributed by atoms with van der Waals surface area (Å²) in [5.41, 5.74) is 6.27. The van der Waals surface area contributed by atoms with Crippen LogP contribution >= 0.6 is 0 Å². The molecule has 6 heteroatoms. The summed E-state index contributed by atoms with van der Waals surface area (Å²) in [5.74, 6) is 2.30. The molecule has 1 saturated carbocycles. The van der Waals surface area contributed by atoms with E-state index in [2.05, 4.69) is 34.5 Å². The standard InChI is InChI=1S/C25H31N3O2S/c29-16-25(9-1-10-25)27-22-15-23(26-21-8-13-31(30)24(21)22)28-11-6-18(7-12-28)20-5-3-17-2-4-19(17)14-20/h3,5,14-15,18,29H,1-2,4,6-13,16H2,(H,26,27)/t31-/m0/s1. The molecule has 1 aromatic carbocycles. The molecular formula is C25H31N3O2S. The van der Waals surface area contributed by atoms with Crippen molar-refractivity contribution in [3.05, 3.63) is 46.6 Å². The number of pyridine rings is 1. The summed E-state index contributed by atoms with van der Waals surface area (Å²) in [5, 5.41) is 13.5. The monoisotopic (exact) mass is 437 g/mol. The molecular weight excluding hydrogens is 406 g/mol. The summed E-state index contributed by atoms with van der Waals surface area (Å²) < 4.78 is 12.7. The second-order valence-corrected chi connectivity index (χ2v) is 11.3. The van der Waals surface area contributed by atoms with E-state index in [1.165, 1.54) is 24.0 Å². The Hall–Kier alpha value is -1.92. The van der Waals surface area contributed by atoms with Crippen LogP contribution in [0.3, 0.4) is 0 Å². The van der Waals surface area contributed by atoms with Gasteiger partial charge in [0.2, 0.25) is 0 Å². The Balaban J connectivity index is 1.23. The highest BCUT2D eigenvalue weighted by molar-refractivity contribution is 7.85. The fourth-order valence-electron chi connectivity index (χ4n) is 5.66. The van der Waals surface area contributed by atoms with Gasteiger partial charge < -0.3 is 15.3 Å². The molecule has 4 aliphatic rings. The lowest BCUT2D eigenvalue weighted by Gasteiger charge is -2.42. The molecule has 5 nitrogen and oxygen atoms in total. The van der Waals surface area contributed by atoms with E-state index in [-0.39, 0.29) is 12.1 Å². The molecule has 0 bridgehead atoms. The average molecular weight is 438 g/mol. The van der Waals surface area contributed by atoms with Crippen LogP contribution in [0.1, 0.15) is 60.4 Å². The molecule has 0 spiro atoms. The number of piperidine rings is 1. The number of rotatable bonds is 5. The first kappa shape index (κ1) is 19.7. The minimum absolute atomic E-state index is 0.123. The SMILES string of the molecule is O=[S@]1CCc2nc(N3CCC(c4ccc5c(c4)CC5)CC3)cc(NC3(CO)CCC3)c21. The number of aliphatic hydroxyl groups excluding tert-OH is 1. The van der Waals surface area contributed by atoms with E-state index in [0.29, 0.717) is 11.7 Å². The van der Waals surface area contributed by atoms with Gasteiger partial charge in [-0.05, 0) is 67.6 Å². The molecule has 2 aliphatic heterocycles. The van der Waals surface area contributed by atoms with E-state index in [9.17, 15) is 9.32 Å². The minimum atomic E-state index is -0.992.